The summed E-state index contributed by atoms with van der Waals surface area (Å²) in [6.07, 6.45) is 0.375. The van der Waals surface area contributed by atoms with Gasteiger partial charge >= 0.3 is 11.9 Å². The molecule has 3 atom stereocenters. The number of ketones is 1. The first-order valence-electron chi connectivity index (χ1n) is 11.8. The van der Waals surface area contributed by atoms with E-state index in [0.717, 1.165) is 5.56 Å². The third-order valence-electron chi connectivity index (χ3n) is 6.49. The molecule has 35 heavy (non-hydrogen) atoms. The van der Waals surface area contributed by atoms with Gasteiger partial charge in [0, 0.05) is 28.8 Å². The molecule has 0 unspecified atom stereocenters. The van der Waals surface area contributed by atoms with Crippen LogP contribution in [0.4, 0.5) is 4.39 Å². The zero-order chi connectivity index (χ0) is 25.1. The molecule has 0 bridgehead atoms. The van der Waals surface area contributed by atoms with Gasteiger partial charge in [-0.3, -0.25) is 9.59 Å². The van der Waals surface area contributed by atoms with Gasteiger partial charge in [-0.15, -0.1) is 0 Å². The van der Waals surface area contributed by atoms with Gasteiger partial charge in [0.15, 0.2) is 5.78 Å². The lowest BCUT2D eigenvalue weighted by Crippen LogP contribution is -2.43. The summed E-state index contributed by atoms with van der Waals surface area (Å²) in [6.45, 7) is 5.46. The maximum absolute atomic E-state index is 14.1. The van der Waals surface area contributed by atoms with Gasteiger partial charge < -0.3 is 14.8 Å². The second-order valence-corrected chi connectivity index (χ2v) is 8.58. The maximum Gasteiger partial charge on any atom is 0.336 e. The van der Waals surface area contributed by atoms with E-state index in [1.54, 1.807) is 32.9 Å². The Morgan fingerprint density at radius 3 is 2.26 bits per heavy atom. The smallest absolute Gasteiger partial charge is 0.336 e. The molecular formula is C28H28FNO5. The molecule has 0 saturated carbocycles. The first-order valence-corrected chi connectivity index (χ1v) is 11.8. The number of dihydropyridines is 1. The van der Waals surface area contributed by atoms with E-state index in [-0.39, 0.29) is 18.8 Å². The molecule has 2 aromatic rings. The van der Waals surface area contributed by atoms with Gasteiger partial charge in [0.25, 0.3) is 0 Å². The van der Waals surface area contributed by atoms with Gasteiger partial charge in [-0.1, -0.05) is 42.5 Å². The van der Waals surface area contributed by atoms with E-state index in [1.807, 2.05) is 30.3 Å². The summed E-state index contributed by atoms with van der Waals surface area (Å²) in [7, 11) is 0. The first-order chi connectivity index (χ1) is 16.9. The van der Waals surface area contributed by atoms with Crippen molar-refractivity contribution in [1.29, 1.82) is 0 Å². The zero-order valence-corrected chi connectivity index (χ0v) is 20.0. The average Bonchev–Trinajstić information content (AvgIpc) is 2.84. The van der Waals surface area contributed by atoms with E-state index in [0.29, 0.717) is 29.0 Å². The maximum atomic E-state index is 14.1. The summed E-state index contributed by atoms with van der Waals surface area (Å²) in [5.41, 5.74) is 3.21. The lowest BCUT2D eigenvalue weighted by Gasteiger charge is -2.39. The number of nitrogens with one attached hydrogen (secondary N) is 1. The Bertz CT molecular complexity index is 1200. The van der Waals surface area contributed by atoms with Crippen molar-refractivity contribution in [2.24, 2.45) is 5.92 Å². The number of esters is 2. The molecule has 1 aliphatic heterocycles. The SMILES string of the molecule is CCOC(=O)C1=C(C)NC2=C(C(=O)[C@H](C(=O)OCC)[C@H](c3ccccc3)C2)[C@@H]1c1ccc(F)cc1. The molecule has 0 radical (unpaired) electrons. The largest absolute Gasteiger partial charge is 0.465 e. The van der Waals surface area contributed by atoms with Crippen molar-refractivity contribution >= 4 is 17.7 Å². The Labute approximate surface area is 203 Å². The van der Waals surface area contributed by atoms with Gasteiger partial charge in [0.05, 0.1) is 18.8 Å². The summed E-state index contributed by atoms with van der Waals surface area (Å²) in [4.78, 5) is 40.2. The number of hydrogen-bond donors (Lipinski definition) is 1. The van der Waals surface area contributed by atoms with Crippen LogP contribution in [0.5, 0.6) is 0 Å². The Balaban J connectivity index is 1.89. The molecule has 1 heterocycles. The van der Waals surface area contributed by atoms with Crippen molar-refractivity contribution in [2.75, 3.05) is 13.2 Å². The average molecular weight is 478 g/mol. The molecule has 0 amide bonds. The Morgan fingerprint density at radius 2 is 1.63 bits per heavy atom. The molecule has 1 aliphatic carbocycles. The van der Waals surface area contributed by atoms with Crippen LogP contribution >= 0.6 is 0 Å². The molecule has 0 spiro atoms. The summed E-state index contributed by atoms with van der Waals surface area (Å²) in [6, 6.07) is 15.1. The highest BCUT2D eigenvalue weighted by atomic mass is 19.1. The van der Waals surface area contributed by atoms with Crippen LogP contribution in [0.15, 0.2) is 77.1 Å². The molecule has 7 heteroatoms. The Morgan fingerprint density at radius 1 is 0.971 bits per heavy atom. The van der Waals surface area contributed by atoms with Crippen LogP contribution in [0.1, 0.15) is 50.2 Å². The lowest BCUT2D eigenvalue weighted by atomic mass is 9.67. The van der Waals surface area contributed by atoms with E-state index in [9.17, 15) is 18.8 Å². The number of allylic oxidation sites excluding steroid dienone is 3. The van der Waals surface area contributed by atoms with Crippen LogP contribution < -0.4 is 5.32 Å². The second-order valence-electron chi connectivity index (χ2n) is 8.58. The summed E-state index contributed by atoms with van der Waals surface area (Å²) in [5.74, 6) is -4.30. The molecule has 4 rings (SSSR count). The summed E-state index contributed by atoms with van der Waals surface area (Å²) in [5, 5.41) is 3.25. The fourth-order valence-corrected chi connectivity index (χ4v) is 5.02. The number of carbonyl (C=O) groups excluding carboxylic acids is 3. The predicted octanol–water partition coefficient (Wildman–Crippen LogP) is 4.54. The third-order valence-corrected chi connectivity index (χ3v) is 6.49. The van der Waals surface area contributed by atoms with Gasteiger partial charge in [-0.2, -0.15) is 0 Å². The monoisotopic (exact) mass is 477 g/mol. The standard InChI is InChI=1S/C28H28FNO5/c1-4-34-27(32)22-16(3)30-21-15-20(17-9-7-6-8-10-17)24(28(33)35-5-2)26(31)25(21)23(22)18-11-13-19(29)14-12-18/h6-14,20,23-24,30H,4-5,15H2,1-3H3/t20-,23+,24+/m0/s1. The number of halogens is 1. The number of rotatable bonds is 6. The van der Waals surface area contributed by atoms with Crippen molar-refractivity contribution in [3.8, 4) is 0 Å². The molecule has 2 aromatic carbocycles. The quantitative estimate of drug-likeness (QED) is 0.486. The number of Topliss-reactive ketones (excluding diaryl/α,β-unsaturated/α-hetero) is 1. The van der Waals surface area contributed by atoms with Gasteiger partial charge in [-0.25, -0.2) is 9.18 Å². The van der Waals surface area contributed by atoms with Crippen LogP contribution in [0.3, 0.4) is 0 Å². The number of carbonyl (C=O) groups is 3. The topological polar surface area (TPSA) is 81.7 Å². The van der Waals surface area contributed by atoms with Gasteiger partial charge in [-0.05, 0) is 50.5 Å². The third kappa shape index (κ3) is 4.63. The molecule has 0 aromatic heterocycles. The van der Waals surface area contributed by atoms with Crippen molar-refractivity contribution in [1.82, 2.24) is 5.32 Å². The zero-order valence-electron chi connectivity index (χ0n) is 20.0. The normalized spacial score (nSPS) is 21.8. The highest BCUT2D eigenvalue weighted by molar-refractivity contribution is 6.13. The molecule has 0 saturated heterocycles. The van der Waals surface area contributed by atoms with Gasteiger partial charge in [0.1, 0.15) is 11.7 Å². The minimum atomic E-state index is -1.07. The van der Waals surface area contributed by atoms with E-state index < -0.39 is 41.3 Å². The van der Waals surface area contributed by atoms with Crippen molar-refractivity contribution < 1.29 is 28.2 Å². The van der Waals surface area contributed by atoms with Gasteiger partial charge in [0.2, 0.25) is 0 Å². The van der Waals surface area contributed by atoms with Crippen LogP contribution in [-0.4, -0.2) is 30.9 Å². The minimum absolute atomic E-state index is 0.142. The number of hydrogen-bond acceptors (Lipinski definition) is 6. The van der Waals surface area contributed by atoms with E-state index >= 15 is 0 Å². The van der Waals surface area contributed by atoms with Crippen molar-refractivity contribution in [3.63, 3.8) is 0 Å². The molecule has 6 nitrogen and oxygen atoms in total. The van der Waals surface area contributed by atoms with E-state index in [4.69, 9.17) is 9.47 Å². The highest BCUT2D eigenvalue weighted by Gasteiger charge is 2.49. The van der Waals surface area contributed by atoms with E-state index in [1.165, 1.54) is 12.1 Å². The lowest BCUT2D eigenvalue weighted by molar-refractivity contribution is -0.152. The first kappa shape index (κ1) is 24.4. The fraction of sp³-hybridized carbons (Fsp3) is 0.321. The van der Waals surface area contributed by atoms with Crippen LogP contribution in [0.2, 0.25) is 0 Å². The summed E-state index contributed by atoms with van der Waals surface area (Å²) < 4.78 is 24.4. The Kier molecular flexibility index (Phi) is 7.15. The van der Waals surface area contributed by atoms with E-state index in [2.05, 4.69) is 5.32 Å². The number of ether oxygens (including phenoxy) is 2. The molecule has 2 aliphatic rings. The Hall–Kier alpha value is -3.74. The highest BCUT2D eigenvalue weighted by Crippen LogP contribution is 2.48. The predicted molar refractivity (Wildman–Crippen MR) is 128 cm³/mol. The second kappa shape index (κ2) is 10.3. The summed E-state index contributed by atoms with van der Waals surface area (Å²) >= 11 is 0. The van der Waals surface area contributed by atoms with Crippen LogP contribution in [0, 0.1) is 11.7 Å². The fourth-order valence-electron chi connectivity index (χ4n) is 5.02. The number of benzene rings is 2. The van der Waals surface area contributed by atoms with Crippen LogP contribution in [-0.2, 0) is 23.9 Å². The van der Waals surface area contributed by atoms with Crippen molar-refractivity contribution in [3.05, 3.63) is 94.1 Å². The molecule has 182 valence electrons. The van der Waals surface area contributed by atoms with Crippen LogP contribution in [0.25, 0.3) is 0 Å². The molecule has 0 fully saturated rings. The molecular weight excluding hydrogens is 449 g/mol. The molecule has 1 N–H and O–H groups in total. The van der Waals surface area contributed by atoms with Crippen molar-refractivity contribution in [2.45, 2.75) is 39.0 Å². The minimum Gasteiger partial charge on any atom is -0.465 e.